The maximum atomic E-state index is 13.6. The minimum Gasteiger partial charge on any atom is -0.495 e. The molecule has 9 heteroatoms. The number of fused-ring (bicyclic) bond motifs is 2. The Morgan fingerprint density at radius 3 is 2.63 bits per heavy atom. The van der Waals surface area contributed by atoms with Crippen LogP contribution in [0.4, 0.5) is 5.82 Å². The summed E-state index contributed by atoms with van der Waals surface area (Å²) in [6.45, 7) is 1.82. The Kier molecular flexibility index (Phi) is 4.65. The van der Waals surface area contributed by atoms with Crippen LogP contribution in [0.25, 0.3) is 33.2 Å². The Morgan fingerprint density at radius 1 is 1.14 bits per heavy atom. The first-order valence-electron chi connectivity index (χ1n) is 11.4. The summed E-state index contributed by atoms with van der Waals surface area (Å²) in [6, 6.07) is 15.0. The second-order valence-electron chi connectivity index (χ2n) is 9.29. The van der Waals surface area contributed by atoms with Crippen LogP contribution in [0, 0.1) is 0 Å². The van der Waals surface area contributed by atoms with E-state index in [1.54, 1.807) is 22.4 Å². The van der Waals surface area contributed by atoms with Crippen molar-refractivity contribution in [1.82, 2.24) is 24.1 Å². The molecular weight excluding hydrogens is 444 g/mol. The number of pyridine rings is 1. The molecule has 9 nitrogen and oxygen atoms in total. The maximum absolute atomic E-state index is 13.6. The van der Waals surface area contributed by atoms with Gasteiger partial charge in [-0.1, -0.05) is 24.3 Å². The molecule has 1 aliphatic rings. The summed E-state index contributed by atoms with van der Waals surface area (Å²) < 4.78 is 8.90. The molecule has 0 spiro atoms. The second-order valence-corrected chi connectivity index (χ2v) is 9.29. The average Bonchev–Trinajstić information content (AvgIpc) is 3.24. The van der Waals surface area contributed by atoms with Gasteiger partial charge in [0.1, 0.15) is 29.1 Å². The van der Waals surface area contributed by atoms with E-state index in [0.29, 0.717) is 46.4 Å². The van der Waals surface area contributed by atoms with Crippen molar-refractivity contribution in [2.45, 2.75) is 31.3 Å². The highest BCUT2D eigenvalue weighted by molar-refractivity contribution is 5.94. The molecule has 0 saturated heterocycles. The highest BCUT2D eigenvalue weighted by atomic mass is 16.5. The van der Waals surface area contributed by atoms with Gasteiger partial charge in [-0.3, -0.25) is 9.36 Å². The minimum absolute atomic E-state index is 0.0522. The van der Waals surface area contributed by atoms with Gasteiger partial charge in [-0.15, -0.1) is 0 Å². The van der Waals surface area contributed by atoms with Crippen LogP contribution < -0.4 is 16.0 Å². The number of hydrogen-bond donors (Lipinski definition) is 2. The monoisotopic (exact) mass is 468 g/mol. The van der Waals surface area contributed by atoms with E-state index < -0.39 is 5.60 Å². The van der Waals surface area contributed by atoms with Crippen LogP contribution in [-0.2, 0) is 0 Å². The molecule has 0 amide bonds. The zero-order valence-electron chi connectivity index (χ0n) is 19.3. The van der Waals surface area contributed by atoms with Gasteiger partial charge >= 0.3 is 0 Å². The number of aliphatic hydroxyl groups is 1. The third-order valence-corrected chi connectivity index (χ3v) is 6.73. The molecule has 176 valence electrons. The molecule has 0 unspecified atom stereocenters. The van der Waals surface area contributed by atoms with Gasteiger partial charge < -0.3 is 15.6 Å². The van der Waals surface area contributed by atoms with Crippen molar-refractivity contribution in [2.75, 3.05) is 12.8 Å². The van der Waals surface area contributed by atoms with E-state index in [0.717, 1.165) is 17.1 Å². The normalized spacial score (nSPS) is 19.7. The number of nitrogens with two attached hydrogens (primary N) is 1. The molecule has 3 N–H and O–H groups in total. The van der Waals surface area contributed by atoms with E-state index in [1.807, 2.05) is 55.5 Å². The Bertz CT molecular complexity index is 1650. The largest absolute Gasteiger partial charge is 0.495 e. The first-order valence-corrected chi connectivity index (χ1v) is 11.4. The lowest BCUT2D eigenvalue weighted by atomic mass is 9.72. The van der Waals surface area contributed by atoms with E-state index in [9.17, 15) is 9.90 Å². The van der Waals surface area contributed by atoms with E-state index >= 15 is 0 Å². The molecule has 5 aromatic rings. The molecule has 0 radical (unpaired) electrons. The highest BCUT2D eigenvalue weighted by Crippen LogP contribution is 2.45. The predicted molar refractivity (Wildman–Crippen MR) is 133 cm³/mol. The Labute approximate surface area is 200 Å². The van der Waals surface area contributed by atoms with Crippen molar-refractivity contribution < 1.29 is 9.84 Å². The van der Waals surface area contributed by atoms with Gasteiger partial charge in [-0.05, 0) is 44.0 Å². The second kappa shape index (κ2) is 7.64. The Balaban J connectivity index is 1.58. The molecule has 35 heavy (non-hydrogen) atoms. The van der Waals surface area contributed by atoms with Gasteiger partial charge in [0.25, 0.3) is 5.56 Å². The Hall–Kier alpha value is -4.24. The van der Waals surface area contributed by atoms with Crippen LogP contribution in [0.2, 0.25) is 0 Å². The summed E-state index contributed by atoms with van der Waals surface area (Å²) in [4.78, 5) is 22.6. The number of aromatic nitrogens is 5. The zero-order chi connectivity index (χ0) is 24.3. The van der Waals surface area contributed by atoms with Crippen molar-refractivity contribution in [3.8, 4) is 22.7 Å². The standard InChI is InChI=1S/C26H24N6O3/c1-26(34)11-16(12-26)24-30-21(22-23(27)28-14-29-32(22)24)15-8-9-18-19(10-15)25(33)31(13-20(18)35-2)17-6-4-3-5-7-17/h3-10,13-14,16,34H,11-12H2,1-2H3,(H2,27,28,29). The molecule has 0 atom stereocenters. The fourth-order valence-electron chi connectivity index (χ4n) is 5.03. The van der Waals surface area contributed by atoms with Crippen LogP contribution in [0.1, 0.15) is 31.5 Å². The summed E-state index contributed by atoms with van der Waals surface area (Å²) in [5.74, 6) is 1.66. The van der Waals surface area contributed by atoms with Crippen molar-refractivity contribution in [2.24, 2.45) is 0 Å². The molecule has 0 bridgehead atoms. The van der Waals surface area contributed by atoms with Gasteiger partial charge in [0, 0.05) is 22.6 Å². The number of para-hydroxylation sites is 1. The Morgan fingerprint density at radius 2 is 1.91 bits per heavy atom. The number of benzene rings is 2. The third-order valence-electron chi connectivity index (χ3n) is 6.73. The lowest BCUT2D eigenvalue weighted by Crippen LogP contribution is -2.40. The summed E-state index contributed by atoms with van der Waals surface area (Å²) >= 11 is 0. The van der Waals surface area contributed by atoms with Gasteiger partial charge in [-0.25, -0.2) is 14.5 Å². The summed E-state index contributed by atoms with van der Waals surface area (Å²) in [5, 5.41) is 15.9. The first kappa shape index (κ1) is 21.3. The van der Waals surface area contributed by atoms with Crippen molar-refractivity contribution in [1.29, 1.82) is 0 Å². The molecule has 1 saturated carbocycles. The lowest BCUT2D eigenvalue weighted by molar-refractivity contribution is -0.0337. The topological polar surface area (TPSA) is 121 Å². The summed E-state index contributed by atoms with van der Waals surface area (Å²) in [5.41, 5.74) is 8.03. The molecule has 3 aromatic heterocycles. The predicted octanol–water partition coefficient (Wildman–Crippen LogP) is 3.31. The molecule has 1 aliphatic carbocycles. The first-order chi connectivity index (χ1) is 16.9. The lowest BCUT2D eigenvalue weighted by Gasteiger charge is -2.39. The van der Waals surface area contributed by atoms with Crippen LogP contribution in [-0.4, -0.2) is 42.0 Å². The van der Waals surface area contributed by atoms with Crippen LogP contribution >= 0.6 is 0 Å². The van der Waals surface area contributed by atoms with E-state index in [4.69, 9.17) is 15.5 Å². The summed E-state index contributed by atoms with van der Waals surface area (Å²) in [7, 11) is 1.59. The van der Waals surface area contributed by atoms with E-state index in [2.05, 4.69) is 10.1 Å². The number of anilines is 1. The van der Waals surface area contributed by atoms with E-state index in [1.165, 1.54) is 6.33 Å². The SMILES string of the molecule is COc1cn(-c2ccccc2)c(=O)c2cc(-c3nc(C4CC(C)(O)C4)n4ncnc(N)c34)ccc12. The number of rotatable bonds is 4. The molecular formula is C26H24N6O3. The molecule has 2 aromatic carbocycles. The third kappa shape index (κ3) is 3.35. The van der Waals surface area contributed by atoms with Crippen molar-refractivity contribution in [3.63, 3.8) is 0 Å². The molecule has 3 heterocycles. The minimum atomic E-state index is -0.711. The van der Waals surface area contributed by atoms with Gasteiger partial charge in [0.05, 0.1) is 24.3 Å². The highest BCUT2D eigenvalue weighted by Gasteiger charge is 2.42. The van der Waals surface area contributed by atoms with Crippen molar-refractivity contribution in [3.05, 3.63) is 77.2 Å². The van der Waals surface area contributed by atoms with Crippen LogP contribution in [0.3, 0.4) is 0 Å². The number of hydrogen-bond acceptors (Lipinski definition) is 7. The quantitative estimate of drug-likeness (QED) is 0.415. The fourth-order valence-corrected chi connectivity index (χ4v) is 5.03. The number of nitrogens with zero attached hydrogens (tertiary/aromatic N) is 5. The van der Waals surface area contributed by atoms with Gasteiger partial charge in [-0.2, -0.15) is 5.10 Å². The number of methoxy groups -OCH3 is 1. The van der Waals surface area contributed by atoms with Gasteiger partial charge in [0.15, 0.2) is 5.82 Å². The maximum Gasteiger partial charge on any atom is 0.263 e. The molecule has 1 fully saturated rings. The van der Waals surface area contributed by atoms with Crippen molar-refractivity contribution >= 4 is 22.1 Å². The molecule has 6 rings (SSSR count). The fraction of sp³-hybridized carbons (Fsp3) is 0.231. The van der Waals surface area contributed by atoms with E-state index in [-0.39, 0.29) is 11.5 Å². The van der Waals surface area contributed by atoms with Gasteiger partial charge in [0.2, 0.25) is 0 Å². The number of ether oxygens (including phenoxy) is 1. The average molecular weight is 469 g/mol. The number of imidazole rings is 1. The zero-order valence-corrected chi connectivity index (χ0v) is 19.3. The molecule has 0 aliphatic heterocycles. The number of nitrogen functional groups attached to an aromatic ring is 1. The smallest absolute Gasteiger partial charge is 0.263 e. The van der Waals surface area contributed by atoms with Crippen LogP contribution in [0.15, 0.2) is 65.8 Å². The summed E-state index contributed by atoms with van der Waals surface area (Å²) in [6.07, 6.45) is 4.29. The van der Waals surface area contributed by atoms with Crippen LogP contribution in [0.5, 0.6) is 5.75 Å².